The molecular weight excluding hydrogens is 200 g/mol. The minimum Gasteiger partial charge on any atom is -0.360 e. The van der Waals surface area contributed by atoms with Crippen LogP contribution in [0.25, 0.3) is 0 Å². The molecule has 2 N–H and O–H groups in total. The zero-order valence-corrected chi connectivity index (χ0v) is 10.2. The molecule has 0 fully saturated rings. The number of rotatable bonds is 7. The van der Waals surface area contributed by atoms with Gasteiger partial charge in [0.1, 0.15) is 10.4 Å². The van der Waals surface area contributed by atoms with E-state index in [-0.39, 0.29) is 0 Å². The van der Waals surface area contributed by atoms with Crippen molar-refractivity contribution in [2.24, 2.45) is 5.73 Å². The van der Waals surface area contributed by atoms with E-state index in [1.54, 1.807) is 11.7 Å². The van der Waals surface area contributed by atoms with Crippen molar-refractivity contribution in [2.75, 3.05) is 27.9 Å². The topological polar surface area (TPSA) is 57.0 Å². The van der Waals surface area contributed by atoms with Gasteiger partial charge in [0, 0.05) is 21.3 Å². The van der Waals surface area contributed by atoms with Crippen LogP contribution in [0.5, 0.6) is 0 Å². The summed E-state index contributed by atoms with van der Waals surface area (Å²) >= 11 is 0. The van der Waals surface area contributed by atoms with Gasteiger partial charge < -0.3 is 14.2 Å². The zero-order chi connectivity index (χ0) is 11.2. The average molecular weight is 219 g/mol. The predicted molar refractivity (Wildman–Crippen MR) is 54.5 cm³/mol. The van der Waals surface area contributed by atoms with Crippen LogP contribution in [0.2, 0.25) is 0 Å². The molecule has 0 aromatic heterocycles. The van der Waals surface area contributed by atoms with Crippen molar-refractivity contribution in [1.82, 2.24) is 4.57 Å². The van der Waals surface area contributed by atoms with Gasteiger partial charge in [-0.2, -0.15) is 0 Å². The van der Waals surface area contributed by atoms with Gasteiger partial charge in [-0.15, -0.1) is 0 Å². The van der Waals surface area contributed by atoms with Gasteiger partial charge in [-0.05, 0) is 13.0 Å². The molecule has 0 aromatic carbocycles. The van der Waals surface area contributed by atoms with Gasteiger partial charge in [-0.3, -0.25) is 10.3 Å². The lowest BCUT2D eigenvalue weighted by Gasteiger charge is -2.38. The molecule has 0 saturated carbocycles. The Morgan fingerprint density at radius 3 is 2.14 bits per heavy atom. The van der Waals surface area contributed by atoms with E-state index < -0.39 is 12.1 Å². The molecular formula is C8H19N2O3Si. The highest BCUT2D eigenvalue weighted by atomic mass is 28.2. The zero-order valence-electron chi connectivity index (χ0n) is 9.24. The fraction of sp³-hybridized carbons (Fsp3) is 1.00. The Bertz CT molecular complexity index is 156. The molecule has 0 spiro atoms. The molecule has 0 rings (SSSR count). The van der Waals surface area contributed by atoms with Gasteiger partial charge in [0.05, 0.1) is 0 Å². The summed E-state index contributed by atoms with van der Waals surface area (Å²) in [5.74, 6) is -1.27. The fourth-order valence-corrected chi connectivity index (χ4v) is 1.66. The van der Waals surface area contributed by atoms with Crippen molar-refractivity contribution >= 4 is 10.4 Å². The molecule has 1 unspecified atom stereocenters. The van der Waals surface area contributed by atoms with Crippen LogP contribution < -0.4 is 5.73 Å². The van der Waals surface area contributed by atoms with Crippen LogP contribution in [-0.2, 0) is 14.2 Å². The molecule has 14 heavy (non-hydrogen) atoms. The Morgan fingerprint density at radius 1 is 1.36 bits per heavy atom. The summed E-state index contributed by atoms with van der Waals surface area (Å²) in [5.41, 5.74) is 5.84. The van der Waals surface area contributed by atoms with Crippen LogP contribution in [0.3, 0.4) is 0 Å². The van der Waals surface area contributed by atoms with E-state index in [9.17, 15) is 0 Å². The first-order valence-electron chi connectivity index (χ1n) is 4.45. The summed E-state index contributed by atoms with van der Waals surface area (Å²) in [6, 6.07) is 0. The lowest BCUT2D eigenvalue weighted by molar-refractivity contribution is -0.284. The average Bonchev–Trinajstić information content (AvgIpc) is 2.19. The van der Waals surface area contributed by atoms with E-state index in [2.05, 4.69) is 17.3 Å². The number of methoxy groups -OCH3 is 3. The van der Waals surface area contributed by atoms with Crippen LogP contribution in [0, 0.1) is 0 Å². The summed E-state index contributed by atoms with van der Waals surface area (Å²) in [6.07, 6.45) is 0.460. The summed E-state index contributed by atoms with van der Waals surface area (Å²) < 4.78 is 17.1. The van der Waals surface area contributed by atoms with Crippen LogP contribution in [-0.4, -0.2) is 55.0 Å². The van der Waals surface area contributed by atoms with Crippen molar-refractivity contribution in [2.45, 2.75) is 25.5 Å². The number of nitrogens with zero attached hydrogens (tertiary/aromatic N) is 1. The van der Waals surface area contributed by atoms with Gasteiger partial charge in [0.2, 0.25) is 0 Å². The van der Waals surface area contributed by atoms with Crippen LogP contribution in [0.4, 0.5) is 0 Å². The number of hydrogen-bond donors (Lipinski definition) is 1. The van der Waals surface area contributed by atoms with Crippen molar-refractivity contribution in [1.29, 1.82) is 0 Å². The molecule has 0 aliphatic carbocycles. The second-order valence-corrected chi connectivity index (χ2v) is 3.49. The van der Waals surface area contributed by atoms with Crippen LogP contribution in [0.15, 0.2) is 0 Å². The quantitative estimate of drug-likeness (QED) is 0.469. The van der Waals surface area contributed by atoms with Crippen molar-refractivity contribution < 1.29 is 14.2 Å². The van der Waals surface area contributed by atoms with E-state index >= 15 is 0 Å². The predicted octanol–water partition coefficient (Wildman–Crippen LogP) is -0.340. The van der Waals surface area contributed by atoms with E-state index in [4.69, 9.17) is 19.9 Å². The van der Waals surface area contributed by atoms with Gasteiger partial charge in [0.25, 0.3) is 5.91 Å². The maximum Gasteiger partial charge on any atom is 0.265 e. The largest absolute Gasteiger partial charge is 0.360 e. The standard InChI is InChI=1S/C8H19N2O3Si/c1-5-6-10(14)7(11-2)8(9,12-3)13-4/h7H,5-6,9H2,1-4H3. The summed E-state index contributed by atoms with van der Waals surface area (Å²) in [7, 11) is 7.90. The molecule has 5 nitrogen and oxygen atoms in total. The summed E-state index contributed by atoms with van der Waals surface area (Å²) in [6.45, 7) is 2.83. The van der Waals surface area contributed by atoms with Gasteiger partial charge in [-0.1, -0.05) is 6.92 Å². The maximum absolute atomic E-state index is 5.84. The molecule has 3 radical (unpaired) electrons. The highest BCUT2D eigenvalue weighted by Gasteiger charge is 2.38. The lowest BCUT2D eigenvalue weighted by atomic mass is 10.4. The van der Waals surface area contributed by atoms with E-state index in [0.29, 0.717) is 0 Å². The third-order valence-electron chi connectivity index (χ3n) is 1.95. The molecule has 0 aliphatic heterocycles. The first kappa shape index (κ1) is 14.0. The summed E-state index contributed by atoms with van der Waals surface area (Å²) in [4.78, 5) is 0. The second kappa shape index (κ2) is 6.49. The molecule has 6 heteroatoms. The molecule has 0 saturated heterocycles. The number of nitrogens with two attached hydrogens (primary N) is 1. The Morgan fingerprint density at radius 2 is 1.86 bits per heavy atom. The van der Waals surface area contributed by atoms with Gasteiger partial charge in [-0.25, -0.2) is 0 Å². The first-order valence-corrected chi connectivity index (χ1v) is 4.90. The highest BCUT2D eigenvalue weighted by Crippen LogP contribution is 2.15. The SMILES string of the molecule is CCCN([Si])C(OC)C(N)(OC)OC. The normalized spacial score (nSPS) is 14.8. The molecule has 83 valence electrons. The molecule has 0 aliphatic rings. The second-order valence-electron chi connectivity index (χ2n) is 2.91. The van der Waals surface area contributed by atoms with Gasteiger partial charge >= 0.3 is 0 Å². The molecule has 0 aromatic rings. The van der Waals surface area contributed by atoms with Crippen LogP contribution in [0.1, 0.15) is 13.3 Å². The minimum atomic E-state index is -1.27. The Labute approximate surface area is 89.0 Å². The molecule has 0 bridgehead atoms. The van der Waals surface area contributed by atoms with Crippen molar-refractivity contribution in [3.05, 3.63) is 0 Å². The Kier molecular flexibility index (Phi) is 6.50. The smallest absolute Gasteiger partial charge is 0.265 e. The summed E-state index contributed by atoms with van der Waals surface area (Å²) in [5, 5.41) is 0. The van der Waals surface area contributed by atoms with Crippen LogP contribution >= 0.6 is 0 Å². The van der Waals surface area contributed by atoms with Crippen molar-refractivity contribution in [3.63, 3.8) is 0 Å². The minimum absolute atomic E-state index is 0.505. The van der Waals surface area contributed by atoms with E-state index in [0.717, 1.165) is 13.0 Å². The molecule has 1 atom stereocenters. The lowest BCUT2D eigenvalue weighted by Crippen LogP contribution is -2.61. The highest BCUT2D eigenvalue weighted by molar-refractivity contribution is 6.04. The number of hydrogen-bond acceptors (Lipinski definition) is 5. The Balaban J connectivity index is 4.50. The molecule has 0 heterocycles. The Hall–Kier alpha value is 0.0169. The fourth-order valence-electron chi connectivity index (χ4n) is 1.15. The maximum atomic E-state index is 5.84. The first-order chi connectivity index (χ1) is 6.55. The van der Waals surface area contributed by atoms with E-state index in [1.165, 1.54) is 14.2 Å². The van der Waals surface area contributed by atoms with Gasteiger partial charge in [0.15, 0.2) is 6.23 Å². The van der Waals surface area contributed by atoms with E-state index in [1.807, 2.05) is 0 Å². The molecule has 0 amide bonds. The third-order valence-corrected chi connectivity index (χ3v) is 2.41. The number of ether oxygens (including phenoxy) is 3. The third kappa shape index (κ3) is 3.30. The monoisotopic (exact) mass is 219 g/mol. The van der Waals surface area contributed by atoms with Crippen molar-refractivity contribution in [3.8, 4) is 0 Å².